The Hall–Kier alpha value is -1.95. The molecule has 1 aliphatic heterocycles. The molecule has 6 heteroatoms. The van der Waals surface area contributed by atoms with E-state index in [9.17, 15) is 9.90 Å². The molecule has 1 atom stereocenters. The standard InChI is InChI=1S/C14H19NO5/c1-2-3-10(14(16)17)20-11-7-13-12(18-8-19-13)6-9(11)4-5-15/h6-7,10H,2-5,8,15H2,1H3,(H,16,17). The quantitative estimate of drug-likeness (QED) is 0.788. The van der Waals surface area contributed by atoms with Gasteiger partial charge in [0, 0.05) is 6.07 Å². The maximum Gasteiger partial charge on any atom is 0.344 e. The molecular formula is C14H19NO5. The first-order valence-electron chi connectivity index (χ1n) is 6.67. The monoisotopic (exact) mass is 281 g/mol. The molecule has 6 nitrogen and oxygen atoms in total. The van der Waals surface area contributed by atoms with Crippen LogP contribution in [-0.2, 0) is 11.2 Å². The van der Waals surface area contributed by atoms with E-state index >= 15 is 0 Å². The van der Waals surface area contributed by atoms with Crippen LogP contribution in [-0.4, -0.2) is 30.5 Å². The Morgan fingerprint density at radius 1 is 1.45 bits per heavy atom. The fraction of sp³-hybridized carbons (Fsp3) is 0.500. The molecule has 1 aromatic carbocycles. The first-order chi connectivity index (χ1) is 9.65. The van der Waals surface area contributed by atoms with Crippen LogP contribution < -0.4 is 19.9 Å². The third kappa shape index (κ3) is 3.14. The van der Waals surface area contributed by atoms with Crippen LogP contribution in [0.5, 0.6) is 17.2 Å². The molecule has 1 aromatic rings. The summed E-state index contributed by atoms with van der Waals surface area (Å²) in [5.41, 5.74) is 6.41. The van der Waals surface area contributed by atoms with E-state index in [0.29, 0.717) is 36.6 Å². The second kappa shape index (κ2) is 6.47. The number of benzene rings is 1. The minimum absolute atomic E-state index is 0.165. The van der Waals surface area contributed by atoms with Crippen molar-refractivity contribution in [2.45, 2.75) is 32.3 Å². The van der Waals surface area contributed by atoms with Gasteiger partial charge in [-0.1, -0.05) is 13.3 Å². The highest BCUT2D eigenvalue weighted by atomic mass is 16.7. The van der Waals surface area contributed by atoms with E-state index in [4.69, 9.17) is 19.9 Å². The third-order valence-electron chi connectivity index (χ3n) is 3.06. The van der Waals surface area contributed by atoms with Crippen molar-refractivity contribution < 1.29 is 24.1 Å². The third-order valence-corrected chi connectivity index (χ3v) is 3.06. The Balaban J connectivity index is 2.26. The van der Waals surface area contributed by atoms with Gasteiger partial charge >= 0.3 is 5.97 Å². The SMILES string of the molecule is CCCC(Oc1cc2c(cc1CCN)OCO2)C(=O)O. The van der Waals surface area contributed by atoms with Crippen LogP contribution in [0.3, 0.4) is 0 Å². The molecule has 1 unspecified atom stereocenters. The van der Waals surface area contributed by atoms with Crippen molar-refractivity contribution in [1.82, 2.24) is 0 Å². The molecule has 0 saturated carbocycles. The normalized spacial score (nSPS) is 14.1. The Labute approximate surface area is 117 Å². The molecular weight excluding hydrogens is 262 g/mol. The van der Waals surface area contributed by atoms with E-state index in [1.165, 1.54) is 0 Å². The van der Waals surface area contributed by atoms with Gasteiger partial charge in [-0.2, -0.15) is 0 Å². The van der Waals surface area contributed by atoms with Crippen LogP contribution >= 0.6 is 0 Å². The predicted octanol–water partition coefficient (Wildman–Crippen LogP) is 1.55. The lowest BCUT2D eigenvalue weighted by molar-refractivity contribution is -0.145. The van der Waals surface area contributed by atoms with Crippen LogP contribution in [0.1, 0.15) is 25.3 Å². The highest BCUT2D eigenvalue weighted by Crippen LogP contribution is 2.38. The predicted molar refractivity (Wildman–Crippen MR) is 72.3 cm³/mol. The summed E-state index contributed by atoms with van der Waals surface area (Å²) >= 11 is 0. The molecule has 110 valence electrons. The maximum absolute atomic E-state index is 11.2. The largest absolute Gasteiger partial charge is 0.479 e. The van der Waals surface area contributed by atoms with Crippen LogP contribution in [0, 0.1) is 0 Å². The van der Waals surface area contributed by atoms with Gasteiger partial charge in [0.25, 0.3) is 0 Å². The molecule has 0 spiro atoms. The number of hydrogen-bond acceptors (Lipinski definition) is 5. The summed E-state index contributed by atoms with van der Waals surface area (Å²) in [7, 11) is 0. The van der Waals surface area contributed by atoms with Crippen LogP contribution in [0.4, 0.5) is 0 Å². The van der Waals surface area contributed by atoms with Crippen molar-refractivity contribution in [2.75, 3.05) is 13.3 Å². The van der Waals surface area contributed by atoms with Crippen molar-refractivity contribution >= 4 is 5.97 Å². The Morgan fingerprint density at radius 3 is 2.75 bits per heavy atom. The van der Waals surface area contributed by atoms with Gasteiger partial charge in [0.1, 0.15) is 5.75 Å². The average molecular weight is 281 g/mol. The summed E-state index contributed by atoms with van der Waals surface area (Å²) in [5.74, 6) is 0.744. The van der Waals surface area contributed by atoms with Crippen LogP contribution in [0.25, 0.3) is 0 Å². The van der Waals surface area contributed by atoms with E-state index in [0.717, 1.165) is 12.0 Å². The smallest absolute Gasteiger partial charge is 0.344 e. The number of carboxylic acid groups (broad SMARTS) is 1. The zero-order valence-electron chi connectivity index (χ0n) is 11.4. The number of aliphatic carboxylic acids is 1. The summed E-state index contributed by atoms with van der Waals surface area (Å²) in [6.07, 6.45) is 0.904. The lowest BCUT2D eigenvalue weighted by atomic mass is 10.1. The number of hydrogen-bond donors (Lipinski definition) is 2. The van der Waals surface area contributed by atoms with Crippen molar-refractivity contribution in [2.24, 2.45) is 5.73 Å². The van der Waals surface area contributed by atoms with Crippen molar-refractivity contribution in [3.8, 4) is 17.2 Å². The Kier molecular flexibility index (Phi) is 4.68. The molecule has 0 fully saturated rings. The summed E-state index contributed by atoms with van der Waals surface area (Å²) in [6, 6.07) is 3.48. The molecule has 0 saturated heterocycles. The van der Waals surface area contributed by atoms with Crippen molar-refractivity contribution in [1.29, 1.82) is 0 Å². The van der Waals surface area contributed by atoms with Crippen molar-refractivity contribution in [3.63, 3.8) is 0 Å². The fourth-order valence-corrected chi connectivity index (χ4v) is 2.07. The topological polar surface area (TPSA) is 91.0 Å². The Bertz CT molecular complexity index is 489. The lowest BCUT2D eigenvalue weighted by Crippen LogP contribution is -2.27. The number of ether oxygens (including phenoxy) is 3. The fourth-order valence-electron chi connectivity index (χ4n) is 2.07. The molecule has 3 N–H and O–H groups in total. The minimum Gasteiger partial charge on any atom is -0.479 e. The molecule has 20 heavy (non-hydrogen) atoms. The first-order valence-corrected chi connectivity index (χ1v) is 6.67. The maximum atomic E-state index is 11.2. The zero-order valence-corrected chi connectivity index (χ0v) is 11.4. The lowest BCUT2D eigenvalue weighted by Gasteiger charge is -2.17. The number of rotatable bonds is 7. The molecule has 0 aromatic heterocycles. The van der Waals surface area contributed by atoms with Gasteiger partial charge < -0.3 is 25.1 Å². The number of nitrogens with two attached hydrogens (primary N) is 1. The zero-order chi connectivity index (χ0) is 14.5. The first kappa shape index (κ1) is 14.5. The molecule has 0 amide bonds. The van der Waals surface area contributed by atoms with Gasteiger partial charge in [-0.3, -0.25) is 0 Å². The van der Waals surface area contributed by atoms with Gasteiger partial charge in [0.15, 0.2) is 17.6 Å². The number of fused-ring (bicyclic) bond motifs is 1. The Morgan fingerprint density at radius 2 is 2.15 bits per heavy atom. The number of carbonyl (C=O) groups is 1. The van der Waals surface area contributed by atoms with E-state index in [1.54, 1.807) is 12.1 Å². The van der Waals surface area contributed by atoms with E-state index < -0.39 is 12.1 Å². The van der Waals surface area contributed by atoms with E-state index in [1.807, 2.05) is 6.92 Å². The second-order valence-corrected chi connectivity index (χ2v) is 4.59. The highest BCUT2D eigenvalue weighted by molar-refractivity contribution is 5.73. The van der Waals surface area contributed by atoms with Gasteiger partial charge in [-0.15, -0.1) is 0 Å². The second-order valence-electron chi connectivity index (χ2n) is 4.59. The molecule has 2 rings (SSSR count). The van der Waals surface area contributed by atoms with E-state index in [2.05, 4.69) is 0 Å². The van der Waals surface area contributed by atoms with Crippen LogP contribution in [0.2, 0.25) is 0 Å². The summed E-state index contributed by atoms with van der Waals surface area (Å²) in [5, 5.41) is 9.17. The summed E-state index contributed by atoms with van der Waals surface area (Å²) < 4.78 is 16.2. The molecule has 1 aliphatic rings. The van der Waals surface area contributed by atoms with E-state index in [-0.39, 0.29) is 6.79 Å². The molecule has 0 bridgehead atoms. The van der Waals surface area contributed by atoms with Gasteiger partial charge in [-0.05, 0) is 31.0 Å². The molecule has 0 radical (unpaired) electrons. The average Bonchev–Trinajstić information content (AvgIpc) is 2.85. The highest BCUT2D eigenvalue weighted by Gasteiger charge is 2.23. The van der Waals surface area contributed by atoms with Crippen molar-refractivity contribution in [3.05, 3.63) is 17.7 Å². The number of carboxylic acids is 1. The van der Waals surface area contributed by atoms with Crippen LogP contribution in [0.15, 0.2) is 12.1 Å². The van der Waals surface area contributed by atoms with Gasteiger partial charge in [-0.25, -0.2) is 4.79 Å². The summed E-state index contributed by atoms with van der Waals surface area (Å²) in [4.78, 5) is 11.2. The minimum atomic E-state index is -0.969. The van der Waals surface area contributed by atoms with Gasteiger partial charge in [0.05, 0.1) is 0 Å². The summed E-state index contributed by atoms with van der Waals surface area (Å²) in [6.45, 7) is 2.53. The molecule has 1 heterocycles. The molecule has 0 aliphatic carbocycles. The van der Waals surface area contributed by atoms with Gasteiger partial charge in [0.2, 0.25) is 6.79 Å².